The third-order valence-electron chi connectivity index (χ3n) is 5.54. The third kappa shape index (κ3) is 6.38. The van der Waals surface area contributed by atoms with Crippen LogP contribution in [0.25, 0.3) is 0 Å². The summed E-state index contributed by atoms with van der Waals surface area (Å²) in [4.78, 5) is 59.6. The van der Waals surface area contributed by atoms with Gasteiger partial charge in [0.2, 0.25) is 5.91 Å². The van der Waals surface area contributed by atoms with Crippen LogP contribution in [-0.4, -0.2) is 77.4 Å². The number of nitrogens with one attached hydrogen (secondary N) is 2. The highest BCUT2D eigenvalue weighted by Crippen LogP contribution is 2.12. The van der Waals surface area contributed by atoms with Crippen molar-refractivity contribution in [2.24, 2.45) is 0 Å². The predicted molar refractivity (Wildman–Crippen MR) is 121 cm³/mol. The Morgan fingerprint density at radius 2 is 1.74 bits per heavy atom. The number of carbonyl (C=O) groups excluding carboxylic acids is 4. The number of hydrogen-bond donors (Lipinski definition) is 2. The van der Waals surface area contributed by atoms with Gasteiger partial charge >= 0.3 is 19.1 Å². The molecule has 3 atom stereocenters. The van der Waals surface area contributed by atoms with Crippen LogP contribution in [-0.2, 0) is 30.1 Å². The van der Waals surface area contributed by atoms with Gasteiger partial charge in [0.05, 0.1) is 12.6 Å². The minimum absolute atomic E-state index is 0.0586. The molecule has 2 aromatic rings. The second-order valence-corrected chi connectivity index (χ2v) is 7.87. The van der Waals surface area contributed by atoms with Crippen LogP contribution >= 0.6 is 0 Å². The molecule has 1 saturated heterocycles. The van der Waals surface area contributed by atoms with Gasteiger partial charge in [-0.05, 0) is 26.5 Å². The van der Waals surface area contributed by atoms with Gasteiger partial charge in [-0.2, -0.15) is 0 Å². The number of carbonyl (C=O) groups is 4. The van der Waals surface area contributed by atoms with E-state index in [4.69, 9.17) is 9.31 Å². The van der Waals surface area contributed by atoms with Crippen LogP contribution in [0.1, 0.15) is 29.9 Å². The van der Waals surface area contributed by atoms with Crippen molar-refractivity contribution in [1.82, 2.24) is 25.5 Å². The van der Waals surface area contributed by atoms with Gasteiger partial charge in [0.25, 0.3) is 5.91 Å². The minimum Gasteiger partial charge on any atom is -0.497 e. The highest BCUT2D eigenvalue weighted by Gasteiger charge is 2.39. The first kappa shape index (κ1) is 24.8. The van der Waals surface area contributed by atoms with Crippen molar-refractivity contribution < 1.29 is 28.5 Å². The summed E-state index contributed by atoms with van der Waals surface area (Å²) in [5.74, 6) is -2.29. The van der Waals surface area contributed by atoms with Gasteiger partial charge in [-0.25, -0.2) is 4.98 Å². The molecule has 34 heavy (non-hydrogen) atoms. The van der Waals surface area contributed by atoms with Crippen molar-refractivity contribution in [3.8, 4) is 0 Å². The van der Waals surface area contributed by atoms with Crippen molar-refractivity contribution in [3.63, 3.8) is 0 Å². The molecule has 2 amide bonds. The molecule has 2 heterocycles. The second-order valence-electron chi connectivity index (χ2n) is 7.87. The Bertz CT molecular complexity index is 1000. The molecule has 12 heteroatoms. The van der Waals surface area contributed by atoms with E-state index in [1.54, 1.807) is 20.9 Å². The average molecular weight is 467 g/mol. The number of benzene rings is 1. The number of nitrogens with zero attached hydrogens (tertiary/aromatic N) is 3. The summed E-state index contributed by atoms with van der Waals surface area (Å²) in [5, 5.41) is 5.26. The Morgan fingerprint density at radius 3 is 2.32 bits per heavy atom. The molecule has 178 valence electrons. The molecule has 1 aliphatic heterocycles. The Balaban J connectivity index is 1.69. The summed E-state index contributed by atoms with van der Waals surface area (Å²) in [6.45, 7) is 3.23. The Hall–Kier alpha value is -3.80. The molecular weight excluding hydrogens is 441 g/mol. The lowest BCUT2D eigenvalue weighted by atomic mass is 9.88. The Labute approximate surface area is 197 Å². The van der Waals surface area contributed by atoms with E-state index in [0.717, 1.165) is 5.56 Å². The molecule has 0 radical (unpaired) electrons. The zero-order valence-electron chi connectivity index (χ0n) is 19.1. The third-order valence-corrected chi connectivity index (χ3v) is 5.54. The van der Waals surface area contributed by atoms with Crippen molar-refractivity contribution in [3.05, 3.63) is 60.2 Å². The lowest BCUT2D eigenvalue weighted by molar-refractivity contribution is -0.153. The van der Waals surface area contributed by atoms with E-state index in [1.807, 2.05) is 30.3 Å². The van der Waals surface area contributed by atoms with E-state index >= 15 is 0 Å². The molecule has 1 aromatic carbocycles. The van der Waals surface area contributed by atoms with Crippen LogP contribution in [0.2, 0.25) is 0 Å². The molecule has 0 spiro atoms. The van der Waals surface area contributed by atoms with Crippen molar-refractivity contribution in [2.45, 2.75) is 38.4 Å². The zero-order chi connectivity index (χ0) is 24.7. The number of hydrogen-bond acceptors (Lipinski definition) is 9. The minimum atomic E-state index is -1.30. The Kier molecular flexibility index (Phi) is 8.31. The first-order valence-electron chi connectivity index (χ1n) is 10.8. The van der Waals surface area contributed by atoms with Gasteiger partial charge in [-0.1, -0.05) is 30.3 Å². The fourth-order valence-corrected chi connectivity index (χ4v) is 3.25. The van der Waals surface area contributed by atoms with Gasteiger partial charge in [0, 0.05) is 18.8 Å². The fourth-order valence-electron chi connectivity index (χ4n) is 3.25. The smallest absolute Gasteiger partial charge is 0.497 e. The van der Waals surface area contributed by atoms with Crippen LogP contribution in [0.5, 0.6) is 0 Å². The quantitative estimate of drug-likeness (QED) is 0.529. The zero-order valence-corrected chi connectivity index (χ0v) is 19.1. The topological polar surface area (TPSA) is 140 Å². The standard InChI is InChI=1S/C22H26BN5O6/c1-14-21(31)33-23(34-22(32)15(2)28(14)3)13-26-19(29)17(11-16-7-5-4-6-8-16)27-20(30)18-12-24-9-10-25-18/h4-10,12,14-15,17H,11,13H2,1-3H3,(H,26,29)(H,27,30)/t14-,15+,17-/m0/s1. The summed E-state index contributed by atoms with van der Waals surface area (Å²) in [6.07, 6.45) is 4.02. The van der Waals surface area contributed by atoms with E-state index in [0.29, 0.717) is 0 Å². The first-order valence-corrected chi connectivity index (χ1v) is 10.8. The lowest BCUT2D eigenvalue weighted by Crippen LogP contribution is -2.56. The number of likely N-dealkylation sites (N-methyl/N-ethyl adjacent to an activating group) is 1. The first-order chi connectivity index (χ1) is 16.3. The van der Waals surface area contributed by atoms with Crippen molar-refractivity contribution in [1.29, 1.82) is 0 Å². The van der Waals surface area contributed by atoms with E-state index in [1.165, 1.54) is 23.5 Å². The van der Waals surface area contributed by atoms with Crippen LogP contribution in [0.3, 0.4) is 0 Å². The second kappa shape index (κ2) is 11.4. The van der Waals surface area contributed by atoms with Crippen LogP contribution in [0.4, 0.5) is 0 Å². The molecule has 1 aromatic heterocycles. The summed E-state index contributed by atoms with van der Waals surface area (Å²) >= 11 is 0. The monoisotopic (exact) mass is 467 g/mol. The van der Waals surface area contributed by atoms with Gasteiger partial charge in [-0.3, -0.25) is 29.1 Å². The van der Waals surface area contributed by atoms with E-state index in [-0.39, 0.29) is 18.6 Å². The maximum absolute atomic E-state index is 13.0. The largest absolute Gasteiger partial charge is 0.619 e. The molecule has 0 aliphatic carbocycles. The molecule has 0 saturated carbocycles. The van der Waals surface area contributed by atoms with E-state index < -0.39 is 49.0 Å². The predicted octanol–water partition coefficient (Wildman–Crippen LogP) is -0.230. The average Bonchev–Trinajstić information content (AvgIpc) is 2.85. The van der Waals surface area contributed by atoms with E-state index in [2.05, 4.69) is 20.6 Å². The molecule has 3 rings (SSSR count). The maximum atomic E-state index is 13.0. The molecule has 2 N–H and O–H groups in total. The molecule has 1 aliphatic rings. The van der Waals surface area contributed by atoms with Crippen molar-refractivity contribution >= 4 is 30.9 Å². The summed E-state index contributed by atoms with van der Waals surface area (Å²) in [5.41, 5.74) is 0.875. The van der Waals surface area contributed by atoms with Gasteiger partial charge in [0.15, 0.2) is 0 Å². The van der Waals surface area contributed by atoms with Crippen molar-refractivity contribution in [2.75, 3.05) is 13.5 Å². The molecule has 1 fully saturated rings. The summed E-state index contributed by atoms with van der Waals surface area (Å²) < 4.78 is 10.5. The molecular formula is C22H26BN5O6. The molecule has 0 bridgehead atoms. The fraction of sp³-hybridized carbons (Fsp3) is 0.364. The van der Waals surface area contributed by atoms with E-state index in [9.17, 15) is 19.2 Å². The molecule has 0 unspecified atom stereocenters. The highest BCUT2D eigenvalue weighted by molar-refractivity contribution is 6.49. The normalized spacial score (nSPS) is 19.8. The Morgan fingerprint density at radius 1 is 1.09 bits per heavy atom. The van der Waals surface area contributed by atoms with Gasteiger partial charge < -0.3 is 19.9 Å². The maximum Gasteiger partial charge on any atom is 0.619 e. The van der Waals surface area contributed by atoms with Gasteiger partial charge in [-0.15, -0.1) is 0 Å². The van der Waals surface area contributed by atoms with Crippen LogP contribution in [0, 0.1) is 0 Å². The SMILES string of the molecule is C[C@@H]1C(=O)OB(CNC(=O)[C@H](Cc2ccccc2)NC(=O)c2cnccn2)OC(=O)[C@H](C)N1C. The summed E-state index contributed by atoms with van der Waals surface area (Å²) in [6, 6.07) is 6.83. The lowest BCUT2D eigenvalue weighted by Gasteiger charge is -2.32. The molecule has 11 nitrogen and oxygen atoms in total. The van der Waals surface area contributed by atoms with Gasteiger partial charge in [0.1, 0.15) is 23.8 Å². The van der Waals surface area contributed by atoms with Crippen LogP contribution in [0.15, 0.2) is 48.9 Å². The number of aromatic nitrogens is 2. The number of amides is 2. The highest BCUT2D eigenvalue weighted by atomic mass is 16.6. The summed E-state index contributed by atoms with van der Waals surface area (Å²) in [7, 11) is 0.323. The van der Waals surface area contributed by atoms with Crippen LogP contribution < -0.4 is 10.6 Å². The number of rotatable bonds is 7.